The molecule has 4 nitrogen and oxygen atoms in total. The Hall–Kier alpha value is -0.650. The van der Waals surface area contributed by atoms with E-state index in [-0.39, 0.29) is 12.3 Å². The Kier molecular flexibility index (Phi) is 4.97. The lowest BCUT2D eigenvalue weighted by Crippen LogP contribution is -2.43. The van der Waals surface area contributed by atoms with Gasteiger partial charge in [0, 0.05) is 36.9 Å². The molecule has 0 saturated carbocycles. The maximum absolute atomic E-state index is 5.87. The molecule has 100 valence electrons. The molecule has 1 fully saturated rings. The Morgan fingerprint density at radius 3 is 2.67 bits per heavy atom. The van der Waals surface area contributed by atoms with Crippen molar-refractivity contribution in [1.29, 1.82) is 0 Å². The van der Waals surface area contributed by atoms with Crippen molar-refractivity contribution in [1.82, 2.24) is 9.88 Å². The smallest absolute Gasteiger partial charge is 0.213 e. The largest absolute Gasteiger partial charge is 0.474 e. The summed E-state index contributed by atoms with van der Waals surface area (Å²) in [7, 11) is 1.75. The lowest BCUT2D eigenvalue weighted by Gasteiger charge is -2.34. The van der Waals surface area contributed by atoms with Crippen LogP contribution in [-0.2, 0) is 4.74 Å². The summed E-state index contributed by atoms with van der Waals surface area (Å²) in [6.45, 7) is 4.10. The Morgan fingerprint density at radius 1 is 1.39 bits per heavy atom. The number of nitrogens with zero attached hydrogens (tertiary/aromatic N) is 2. The molecule has 0 bridgehead atoms. The van der Waals surface area contributed by atoms with Crippen LogP contribution < -0.4 is 4.74 Å². The summed E-state index contributed by atoms with van der Waals surface area (Å²) in [5.74, 6) is 0.705. The second kappa shape index (κ2) is 6.50. The fraction of sp³-hybridized carbons (Fsp3) is 0.615. The Labute approximate surface area is 116 Å². The first-order valence-corrected chi connectivity index (χ1v) is 7.03. The Bertz CT molecular complexity index is 364. The van der Waals surface area contributed by atoms with Gasteiger partial charge in [0.1, 0.15) is 12.3 Å². The van der Waals surface area contributed by atoms with Crippen LogP contribution in [0.25, 0.3) is 0 Å². The highest BCUT2D eigenvalue weighted by Crippen LogP contribution is 2.19. The normalized spacial score (nSPS) is 19.7. The van der Waals surface area contributed by atoms with Crippen molar-refractivity contribution in [2.24, 2.45) is 0 Å². The fourth-order valence-corrected chi connectivity index (χ4v) is 2.34. The molecular weight excluding hydrogens is 296 g/mol. The fourth-order valence-electron chi connectivity index (χ4n) is 2.11. The van der Waals surface area contributed by atoms with Crippen LogP contribution in [-0.4, -0.2) is 42.4 Å². The van der Waals surface area contributed by atoms with Crippen LogP contribution in [0.4, 0.5) is 0 Å². The van der Waals surface area contributed by atoms with Gasteiger partial charge in [-0.1, -0.05) is 0 Å². The maximum atomic E-state index is 5.87. The van der Waals surface area contributed by atoms with Crippen LogP contribution >= 0.6 is 15.9 Å². The van der Waals surface area contributed by atoms with Crippen molar-refractivity contribution in [2.75, 3.05) is 20.2 Å². The summed E-state index contributed by atoms with van der Waals surface area (Å²) in [6, 6.07) is 3.85. The van der Waals surface area contributed by atoms with E-state index in [1.165, 1.54) is 0 Å². The second-order valence-electron chi connectivity index (χ2n) is 4.50. The summed E-state index contributed by atoms with van der Waals surface area (Å²) in [5, 5.41) is 0. The molecule has 2 heterocycles. The van der Waals surface area contributed by atoms with Gasteiger partial charge in [0.25, 0.3) is 0 Å². The van der Waals surface area contributed by atoms with E-state index in [0.29, 0.717) is 5.88 Å². The van der Waals surface area contributed by atoms with Gasteiger partial charge in [-0.05, 0) is 41.8 Å². The second-order valence-corrected chi connectivity index (χ2v) is 5.42. The molecule has 1 aliphatic rings. The number of hydrogen-bond acceptors (Lipinski definition) is 4. The summed E-state index contributed by atoms with van der Waals surface area (Å²) in [6.07, 6.45) is 4.25. The highest BCUT2D eigenvalue weighted by molar-refractivity contribution is 9.10. The quantitative estimate of drug-likeness (QED) is 0.856. The number of rotatable bonds is 4. The van der Waals surface area contributed by atoms with Crippen LogP contribution in [0.15, 0.2) is 22.8 Å². The molecule has 1 saturated heterocycles. The molecule has 1 aromatic heterocycles. The van der Waals surface area contributed by atoms with Gasteiger partial charge in [0.2, 0.25) is 5.88 Å². The van der Waals surface area contributed by atoms with E-state index in [2.05, 4.69) is 32.7 Å². The van der Waals surface area contributed by atoms with E-state index < -0.39 is 0 Å². The zero-order valence-electron chi connectivity index (χ0n) is 10.8. The molecule has 0 amide bonds. The average Bonchev–Trinajstić information content (AvgIpc) is 2.41. The Morgan fingerprint density at radius 2 is 2.11 bits per heavy atom. The average molecular weight is 315 g/mol. The molecule has 1 atom stereocenters. The lowest BCUT2D eigenvalue weighted by atomic mass is 10.1. The molecule has 5 heteroatoms. The topological polar surface area (TPSA) is 34.6 Å². The molecule has 0 N–H and O–H groups in total. The van der Waals surface area contributed by atoms with Gasteiger partial charge in [0.05, 0.1) is 0 Å². The van der Waals surface area contributed by atoms with Crippen molar-refractivity contribution in [3.63, 3.8) is 0 Å². The highest BCUT2D eigenvalue weighted by atomic mass is 79.9. The molecule has 1 aliphatic heterocycles. The van der Waals surface area contributed by atoms with E-state index in [0.717, 1.165) is 30.4 Å². The van der Waals surface area contributed by atoms with Crippen LogP contribution in [0.2, 0.25) is 0 Å². The first kappa shape index (κ1) is 13.8. The number of methoxy groups -OCH3 is 1. The third-order valence-electron chi connectivity index (χ3n) is 3.32. The van der Waals surface area contributed by atoms with Gasteiger partial charge in [-0.15, -0.1) is 0 Å². The third-order valence-corrected chi connectivity index (χ3v) is 3.79. The maximum Gasteiger partial charge on any atom is 0.213 e. The molecule has 0 radical (unpaired) electrons. The minimum Gasteiger partial charge on any atom is -0.474 e. The standard InChI is InChI=1S/C13H19BrN2O2/c1-10(17-2)16-7-5-12(6-8-16)18-13-4-3-11(14)9-15-13/h3-4,9-10,12H,5-8H2,1-2H3. The van der Waals surface area contributed by atoms with Gasteiger partial charge >= 0.3 is 0 Å². The van der Waals surface area contributed by atoms with Gasteiger partial charge in [-0.3, -0.25) is 4.90 Å². The van der Waals surface area contributed by atoms with E-state index in [1.807, 2.05) is 12.1 Å². The molecule has 0 aromatic carbocycles. The minimum absolute atomic E-state index is 0.191. The van der Waals surface area contributed by atoms with Crippen molar-refractivity contribution < 1.29 is 9.47 Å². The number of likely N-dealkylation sites (tertiary alicyclic amines) is 1. The molecular formula is C13H19BrN2O2. The SMILES string of the molecule is COC(C)N1CCC(Oc2ccc(Br)cn2)CC1. The van der Waals surface area contributed by atoms with Crippen LogP contribution in [0, 0.1) is 0 Å². The predicted molar refractivity (Wildman–Crippen MR) is 73.6 cm³/mol. The van der Waals surface area contributed by atoms with E-state index in [9.17, 15) is 0 Å². The molecule has 2 rings (SSSR count). The summed E-state index contributed by atoms with van der Waals surface area (Å²) in [4.78, 5) is 6.56. The number of hydrogen-bond donors (Lipinski definition) is 0. The minimum atomic E-state index is 0.191. The van der Waals surface area contributed by atoms with Crippen molar-refractivity contribution in [2.45, 2.75) is 32.1 Å². The van der Waals surface area contributed by atoms with E-state index >= 15 is 0 Å². The molecule has 18 heavy (non-hydrogen) atoms. The number of aromatic nitrogens is 1. The van der Waals surface area contributed by atoms with Gasteiger partial charge < -0.3 is 9.47 Å². The summed E-state index contributed by atoms with van der Waals surface area (Å²) < 4.78 is 12.2. The molecule has 1 aromatic rings. The first-order valence-electron chi connectivity index (χ1n) is 6.24. The van der Waals surface area contributed by atoms with Crippen LogP contribution in [0.1, 0.15) is 19.8 Å². The Balaban J connectivity index is 1.81. The van der Waals surface area contributed by atoms with E-state index in [4.69, 9.17) is 9.47 Å². The van der Waals surface area contributed by atoms with Crippen LogP contribution in [0.5, 0.6) is 5.88 Å². The van der Waals surface area contributed by atoms with Gasteiger partial charge in [0.15, 0.2) is 0 Å². The van der Waals surface area contributed by atoms with Crippen molar-refractivity contribution in [3.05, 3.63) is 22.8 Å². The first-order chi connectivity index (χ1) is 8.69. The monoisotopic (exact) mass is 314 g/mol. The van der Waals surface area contributed by atoms with Gasteiger partial charge in [-0.2, -0.15) is 0 Å². The molecule has 0 aliphatic carbocycles. The predicted octanol–water partition coefficient (Wildman–Crippen LogP) is 2.68. The van der Waals surface area contributed by atoms with Crippen LogP contribution in [0.3, 0.4) is 0 Å². The summed E-state index contributed by atoms with van der Waals surface area (Å²) >= 11 is 3.36. The molecule has 0 spiro atoms. The van der Waals surface area contributed by atoms with Crippen molar-refractivity contribution >= 4 is 15.9 Å². The lowest BCUT2D eigenvalue weighted by molar-refractivity contribution is -0.0440. The third kappa shape index (κ3) is 3.67. The summed E-state index contributed by atoms with van der Waals surface area (Å²) in [5.41, 5.74) is 0. The van der Waals surface area contributed by atoms with Gasteiger partial charge in [-0.25, -0.2) is 4.98 Å². The zero-order valence-corrected chi connectivity index (χ0v) is 12.4. The van der Waals surface area contributed by atoms with E-state index in [1.54, 1.807) is 13.3 Å². The number of ether oxygens (including phenoxy) is 2. The van der Waals surface area contributed by atoms with Crippen molar-refractivity contribution in [3.8, 4) is 5.88 Å². The zero-order chi connectivity index (χ0) is 13.0. The number of piperidine rings is 1. The number of halogens is 1. The highest BCUT2D eigenvalue weighted by Gasteiger charge is 2.23. The molecule has 1 unspecified atom stereocenters. The number of pyridine rings is 1.